The van der Waals surface area contributed by atoms with Crippen LogP contribution in [0, 0.1) is 5.92 Å². The van der Waals surface area contributed by atoms with E-state index in [0.717, 1.165) is 10.9 Å². The fraction of sp³-hybridized carbons (Fsp3) is 0.519. The quantitative estimate of drug-likeness (QED) is 0.124. The topological polar surface area (TPSA) is 230 Å². The molecule has 2 rings (SSSR count). The number of fused-ring (bicyclic) bond motifs is 1. The van der Waals surface area contributed by atoms with Gasteiger partial charge in [0.15, 0.2) is 0 Å². The van der Waals surface area contributed by atoms with E-state index in [-0.39, 0.29) is 12.8 Å². The number of aliphatic carboxylic acids is 2. The largest absolute Gasteiger partial charge is 0.481 e. The Bertz CT molecular complexity index is 1180. The Kier molecular flexibility index (Phi) is 12.6. The molecule has 40 heavy (non-hydrogen) atoms. The van der Waals surface area contributed by atoms with Gasteiger partial charge in [0, 0.05) is 29.9 Å². The summed E-state index contributed by atoms with van der Waals surface area (Å²) in [7, 11) is 0. The Morgan fingerprint density at radius 3 is 2.20 bits per heavy atom. The number of aromatic amines is 1. The first-order chi connectivity index (χ1) is 18.9. The molecule has 0 spiro atoms. The van der Waals surface area contributed by atoms with Gasteiger partial charge in [-0.2, -0.15) is 0 Å². The van der Waals surface area contributed by atoms with Crippen molar-refractivity contribution in [1.82, 2.24) is 20.9 Å². The number of benzene rings is 1. The minimum absolute atomic E-state index is 0.0442. The zero-order valence-electron chi connectivity index (χ0n) is 22.8. The highest BCUT2D eigenvalue weighted by atomic mass is 16.4. The van der Waals surface area contributed by atoms with Crippen molar-refractivity contribution >= 4 is 40.6 Å². The van der Waals surface area contributed by atoms with Gasteiger partial charge in [-0.1, -0.05) is 38.5 Å². The van der Waals surface area contributed by atoms with Crippen LogP contribution in [0.4, 0.5) is 0 Å². The minimum Gasteiger partial charge on any atom is -0.481 e. The maximum Gasteiger partial charge on any atom is 0.326 e. The van der Waals surface area contributed by atoms with E-state index in [4.69, 9.17) is 16.6 Å². The Labute approximate surface area is 232 Å². The molecule has 0 saturated heterocycles. The summed E-state index contributed by atoms with van der Waals surface area (Å²) >= 11 is 0. The van der Waals surface area contributed by atoms with E-state index < -0.39 is 66.2 Å². The summed E-state index contributed by atoms with van der Waals surface area (Å²) in [6.45, 7) is 3.85. The molecule has 1 aromatic carbocycles. The number of carbonyl (C=O) groups excluding carboxylic acids is 3. The summed E-state index contributed by atoms with van der Waals surface area (Å²) in [6, 6.07) is 2.68. The van der Waals surface area contributed by atoms with Crippen LogP contribution < -0.4 is 27.4 Å². The van der Waals surface area contributed by atoms with Crippen molar-refractivity contribution < 1.29 is 34.2 Å². The van der Waals surface area contributed by atoms with Crippen LogP contribution in [0.5, 0.6) is 0 Å². The number of unbranched alkanes of at least 4 members (excludes halogenated alkanes) is 1. The number of H-pyrrole nitrogens is 1. The third-order valence-electron chi connectivity index (χ3n) is 6.55. The maximum absolute atomic E-state index is 13.2. The van der Waals surface area contributed by atoms with Gasteiger partial charge >= 0.3 is 11.9 Å². The van der Waals surface area contributed by atoms with Gasteiger partial charge in [-0.25, -0.2) is 4.79 Å². The number of hydrogen-bond acceptors (Lipinski definition) is 7. The van der Waals surface area contributed by atoms with Gasteiger partial charge in [0.2, 0.25) is 17.7 Å². The van der Waals surface area contributed by atoms with Crippen LogP contribution in [0.25, 0.3) is 10.9 Å². The van der Waals surface area contributed by atoms with Crippen LogP contribution in [-0.4, -0.2) is 75.6 Å². The van der Waals surface area contributed by atoms with Gasteiger partial charge in [-0.15, -0.1) is 0 Å². The van der Waals surface area contributed by atoms with Gasteiger partial charge in [0.25, 0.3) is 0 Å². The summed E-state index contributed by atoms with van der Waals surface area (Å²) in [6.07, 6.45) is 2.60. The molecule has 0 aliphatic carbocycles. The molecular formula is C27H40N6O7. The predicted octanol–water partition coefficient (Wildman–Crippen LogP) is 0.227. The van der Waals surface area contributed by atoms with E-state index in [1.54, 1.807) is 20.0 Å². The second kappa shape index (κ2) is 15.6. The number of carboxylic acid groups (broad SMARTS) is 2. The van der Waals surface area contributed by atoms with Crippen molar-refractivity contribution in [2.24, 2.45) is 17.4 Å². The van der Waals surface area contributed by atoms with Gasteiger partial charge in [0.1, 0.15) is 18.1 Å². The molecule has 0 fully saturated rings. The summed E-state index contributed by atoms with van der Waals surface area (Å²) < 4.78 is 0. The Hall–Kier alpha value is -3.97. The molecule has 0 aliphatic heterocycles. The normalized spacial score (nSPS) is 14.2. The molecule has 13 heteroatoms. The summed E-state index contributed by atoms with van der Waals surface area (Å²) in [5, 5.41) is 27.3. The highest BCUT2D eigenvalue weighted by Gasteiger charge is 2.32. The third-order valence-corrected chi connectivity index (χ3v) is 6.55. The number of hydrogen-bond donors (Lipinski definition) is 8. The number of nitrogens with one attached hydrogen (secondary N) is 4. The van der Waals surface area contributed by atoms with Crippen LogP contribution in [0.3, 0.4) is 0 Å². The van der Waals surface area contributed by atoms with E-state index in [9.17, 15) is 29.1 Å². The van der Waals surface area contributed by atoms with Crippen molar-refractivity contribution in [2.45, 2.75) is 76.5 Å². The molecule has 13 nitrogen and oxygen atoms in total. The molecule has 0 radical (unpaired) electrons. The number of rotatable bonds is 17. The number of para-hydroxylation sites is 1. The fourth-order valence-electron chi connectivity index (χ4n) is 4.23. The zero-order valence-corrected chi connectivity index (χ0v) is 22.8. The van der Waals surface area contributed by atoms with E-state index in [2.05, 4.69) is 20.9 Å². The van der Waals surface area contributed by atoms with E-state index in [1.165, 1.54) is 0 Å². The third kappa shape index (κ3) is 9.65. The van der Waals surface area contributed by atoms with Gasteiger partial charge < -0.3 is 42.6 Å². The zero-order chi connectivity index (χ0) is 29.8. The Balaban J connectivity index is 2.15. The lowest BCUT2D eigenvalue weighted by Gasteiger charge is -2.27. The number of carboxylic acids is 2. The molecule has 10 N–H and O–H groups in total. The number of amides is 3. The molecule has 1 heterocycles. The van der Waals surface area contributed by atoms with Crippen molar-refractivity contribution in [3.8, 4) is 0 Å². The standard InChI is InChI=1S/C27H40N6O7/c1-15(2)23(33-24(36)18(29)8-5-6-12-28)26(38)31-20(10-11-22(34)35)25(37)32-21(27(39)40)13-16-14-30-19-9-4-3-7-17(16)19/h3-4,7,9,14-15,18,20-21,23,30H,5-6,8,10-13,28-29H2,1-2H3,(H,31,38)(H,32,37)(H,33,36)(H,34,35)(H,39,40). The predicted molar refractivity (Wildman–Crippen MR) is 148 cm³/mol. The minimum atomic E-state index is -1.36. The van der Waals surface area contributed by atoms with E-state index in [0.29, 0.717) is 31.4 Å². The van der Waals surface area contributed by atoms with Crippen molar-refractivity contribution in [3.05, 3.63) is 36.0 Å². The van der Waals surface area contributed by atoms with Crippen LogP contribution in [-0.2, 0) is 30.4 Å². The van der Waals surface area contributed by atoms with Crippen LogP contribution in [0.15, 0.2) is 30.5 Å². The first kappa shape index (κ1) is 32.2. The van der Waals surface area contributed by atoms with Crippen LogP contribution >= 0.6 is 0 Å². The molecule has 4 atom stereocenters. The SMILES string of the molecule is CC(C)C(NC(=O)C(N)CCCCN)C(=O)NC(CCC(=O)O)C(=O)NC(Cc1c[nH]c2ccccc12)C(=O)O. The Morgan fingerprint density at radius 2 is 1.57 bits per heavy atom. The van der Waals surface area contributed by atoms with Crippen molar-refractivity contribution in [2.75, 3.05) is 6.54 Å². The highest BCUT2D eigenvalue weighted by Crippen LogP contribution is 2.19. The molecule has 4 unspecified atom stereocenters. The van der Waals surface area contributed by atoms with E-state index in [1.807, 2.05) is 24.3 Å². The maximum atomic E-state index is 13.2. The number of aromatic nitrogens is 1. The average molecular weight is 561 g/mol. The molecule has 3 amide bonds. The molecule has 220 valence electrons. The lowest BCUT2D eigenvalue weighted by molar-refractivity contribution is -0.143. The second-order valence-electron chi connectivity index (χ2n) is 10.1. The molecule has 1 aromatic heterocycles. The van der Waals surface area contributed by atoms with Gasteiger partial charge in [-0.05, 0) is 43.4 Å². The van der Waals surface area contributed by atoms with Crippen LogP contribution in [0.1, 0.15) is 51.5 Å². The first-order valence-corrected chi connectivity index (χ1v) is 13.3. The first-order valence-electron chi connectivity index (χ1n) is 13.3. The van der Waals surface area contributed by atoms with Crippen molar-refractivity contribution in [3.63, 3.8) is 0 Å². The number of nitrogens with two attached hydrogens (primary N) is 2. The highest BCUT2D eigenvalue weighted by molar-refractivity contribution is 5.94. The molecule has 0 bridgehead atoms. The van der Waals surface area contributed by atoms with Crippen LogP contribution in [0.2, 0.25) is 0 Å². The summed E-state index contributed by atoms with van der Waals surface area (Å²) in [4.78, 5) is 65.2. The second-order valence-corrected chi connectivity index (χ2v) is 10.1. The molecule has 2 aromatic rings. The fourth-order valence-corrected chi connectivity index (χ4v) is 4.23. The molecular weight excluding hydrogens is 520 g/mol. The summed E-state index contributed by atoms with van der Waals surface area (Å²) in [5.41, 5.74) is 12.9. The molecule has 0 saturated carbocycles. The van der Waals surface area contributed by atoms with Crippen molar-refractivity contribution in [1.29, 1.82) is 0 Å². The van der Waals surface area contributed by atoms with E-state index >= 15 is 0 Å². The lowest BCUT2D eigenvalue weighted by Crippen LogP contribution is -2.58. The lowest BCUT2D eigenvalue weighted by atomic mass is 10.0. The number of carbonyl (C=O) groups is 5. The smallest absolute Gasteiger partial charge is 0.326 e. The van der Waals surface area contributed by atoms with Gasteiger partial charge in [-0.3, -0.25) is 19.2 Å². The average Bonchev–Trinajstić information content (AvgIpc) is 3.31. The monoisotopic (exact) mass is 560 g/mol. The van der Waals surface area contributed by atoms with Gasteiger partial charge in [0.05, 0.1) is 6.04 Å². The molecule has 0 aliphatic rings. The Morgan fingerprint density at radius 1 is 0.900 bits per heavy atom. The summed E-state index contributed by atoms with van der Waals surface area (Å²) in [5.74, 6) is -4.99.